The highest BCUT2D eigenvalue weighted by Crippen LogP contribution is 2.13. The van der Waals surface area contributed by atoms with E-state index in [0.717, 1.165) is 12.7 Å². The van der Waals surface area contributed by atoms with Gasteiger partial charge in [0.2, 0.25) is 17.5 Å². The van der Waals surface area contributed by atoms with E-state index in [9.17, 15) is 24.3 Å². The average molecular weight is 330 g/mol. The predicted molar refractivity (Wildman–Crippen MR) is 77.9 cm³/mol. The van der Waals surface area contributed by atoms with Crippen molar-refractivity contribution in [1.82, 2.24) is 15.8 Å². The number of aliphatic hydroxyl groups is 2. The molecule has 1 aliphatic rings. The van der Waals surface area contributed by atoms with Crippen LogP contribution in [0.4, 0.5) is 0 Å². The van der Waals surface area contributed by atoms with Crippen molar-refractivity contribution < 1.29 is 29.4 Å². The van der Waals surface area contributed by atoms with E-state index in [-0.39, 0.29) is 0 Å². The quantitative estimate of drug-likeness (QED) is 0.199. The molecule has 0 unspecified atom stereocenters. The number of amides is 1. The van der Waals surface area contributed by atoms with Gasteiger partial charge in [0, 0.05) is 6.54 Å². The number of hydrogen-bond donors (Lipinski definition) is 5. The van der Waals surface area contributed by atoms with Crippen molar-refractivity contribution in [3.8, 4) is 0 Å². The third-order valence-electron chi connectivity index (χ3n) is 3.54. The van der Waals surface area contributed by atoms with E-state index in [0.29, 0.717) is 13.0 Å². The molecule has 3 atom stereocenters. The molecule has 1 rings (SSSR count). The molecule has 1 saturated heterocycles. The summed E-state index contributed by atoms with van der Waals surface area (Å²) in [6, 6.07) is -3.11. The maximum Gasteiger partial charge on any atom is 0.234 e. The summed E-state index contributed by atoms with van der Waals surface area (Å²) in [5.41, 5.74) is 7.75. The van der Waals surface area contributed by atoms with Crippen molar-refractivity contribution >= 4 is 23.8 Å². The Morgan fingerprint density at radius 3 is 2.35 bits per heavy atom. The molecule has 0 aromatic carbocycles. The molecule has 1 fully saturated rings. The van der Waals surface area contributed by atoms with Crippen molar-refractivity contribution in [3.63, 3.8) is 0 Å². The Morgan fingerprint density at radius 2 is 1.83 bits per heavy atom. The van der Waals surface area contributed by atoms with E-state index in [1.54, 1.807) is 0 Å². The molecule has 1 heterocycles. The lowest BCUT2D eigenvalue weighted by molar-refractivity contribution is -0.142. The van der Waals surface area contributed by atoms with Gasteiger partial charge in [-0.1, -0.05) is 0 Å². The summed E-state index contributed by atoms with van der Waals surface area (Å²) in [4.78, 5) is 46.3. The number of Topliss-reactive ketones (excluding diaryl/α,β-unsaturated/α-hetero) is 2. The van der Waals surface area contributed by atoms with Gasteiger partial charge in [-0.25, -0.2) is 10.4 Å². The SMILES string of the molecule is NCC(=O)N[C@@H](CO)C(=O)C(=O)[C@H](CO)NN1CCC[C@H]1C=O. The fraction of sp³-hybridized carbons (Fsp3) is 0.692. The molecule has 0 radical (unpaired) electrons. The minimum absolute atomic E-state index is 0.394. The molecule has 0 aliphatic carbocycles. The zero-order valence-electron chi connectivity index (χ0n) is 12.6. The molecule has 23 heavy (non-hydrogen) atoms. The second kappa shape index (κ2) is 9.43. The van der Waals surface area contributed by atoms with Gasteiger partial charge in [-0.15, -0.1) is 0 Å². The Balaban J connectivity index is 2.72. The molecule has 0 spiro atoms. The number of hydrogen-bond acceptors (Lipinski definition) is 9. The predicted octanol–water partition coefficient (Wildman–Crippen LogP) is -3.91. The molecule has 130 valence electrons. The fourth-order valence-corrected chi connectivity index (χ4v) is 2.27. The standard InChI is InChI=1S/C13H22N4O6/c14-4-11(21)15-9(6-19)12(22)13(23)10(7-20)16-17-3-1-2-8(17)5-18/h5,8-10,16,19-20H,1-4,6-7,14H2,(H,15,21)/t8-,9-,10-/m0/s1. The first-order chi connectivity index (χ1) is 11.0. The third kappa shape index (κ3) is 5.15. The van der Waals surface area contributed by atoms with Gasteiger partial charge in [-0.2, -0.15) is 0 Å². The Kier molecular flexibility index (Phi) is 7.92. The first kappa shape index (κ1) is 19.3. The van der Waals surface area contributed by atoms with Crippen LogP contribution < -0.4 is 16.5 Å². The normalized spacial score (nSPS) is 20.7. The molecular formula is C13H22N4O6. The molecule has 6 N–H and O–H groups in total. The number of ketones is 2. The maximum absolute atomic E-state index is 12.1. The van der Waals surface area contributed by atoms with E-state index in [2.05, 4.69) is 10.7 Å². The van der Waals surface area contributed by atoms with Crippen molar-refractivity contribution in [2.75, 3.05) is 26.3 Å². The van der Waals surface area contributed by atoms with Gasteiger partial charge < -0.3 is 26.1 Å². The van der Waals surface area contributed by atoms with Crippen molar-refractivity contribution in [2.45, 2.75) is 31.0 Å². The number of hydrazine groups is 1. The number of rotatable bonds is 10. The van der Waals surface area contributed by atoms with Gasteiger partial charge in [-0.3, -0.25) is 14.4 Å². The van der Waals surface area contributed by atoms with Crippen LogP contribution >= 0.6 is 0 Å². The van der Waals surface area contributed by atoms with Crippen LogP contribution in [0.1, 0.15) is 12.8 Å². The number of aldehydes is 1. The van der Waals surface area contributed by atoms with Gasteiger partial charge in [0.1, 0.15) is 18.4 Å². The third-order valence-corrected chi connectivity index (χ3v) is 3.54. The molecule has 0 aromatic rings. The van der Waals surface area contributed by atoms with Gasteiger partial charge in [0.25, 0.3) is 0 Å². The Hall–Kier alpha value is -1.72. The Labute approximate surface area is 133 Å². The van der Waals surface area contributed by atoms with Crippen LogP contribution in [0.2, 0.25) is 0 Å². The van der Waals surface area contributed by atoms with E-state index in [1.807, 2.05) is 0 Å². The van der Waals surface area contributed by atoms with E-state index in [4.69, 9.17) is 10.8 Å². The largest absolute Gasteiger partial charge is 0.394 e. The lowest BCUT2D eigenvalue weighted by atomic mass is 10.0. The highest BCUT2D eigenvalue weighted by atomic mass is 16.3. The Morgan fingerprint density at radius 1 is 1.22 bits per heavy atom. The van der Waals surface area contributed by atoms with E-state index in [1.165, 1.54) is 5.01 Å². The lowest BCUT2D eigenvalue weighted by Gasteiger charge is -2.26. The van der Waals surface area contributed by atoms with Crippen molar-refractivity contribution in [2.24, 2.45) is 5.73 Å². The first-order valence-corrected chi connectivity index (χ1v) is 7.25. The minimum atomic E-state index is -1.42. The number of nitrogens with one attached hydrogen (secondary N) is 2. The number of nitrogens with zero attached hydrogens (tertiary/aromatic N) is 1. The monoisotopic (exact) mass is 330 g/mol. The van der Waals surface area contributed by atoms with Gasteiger partial charge >= 0.3 is 0 Å². The van der Waals surface area contributed by atoms with Gasteiger partial charge in [0.15, 0.2) is 0 Å². The second-order valence-corrected chi connectivity index (χ2v) is 5.14. The highest BCUT2D eigenvalue weighted by molar-refractivity contribution is 6.41. The molecule has 10 nitrogen and oxygen atoms in total. The number of nitrogens with two attached hydrogens (primary N) is 1. The lowest BCUT2D eigenvalue weighted by Crippen LogP contribution is -2.57. The minimum Gasteiger partial charge on any atom is -0.394 e. The van der Waals surface area contributed by atoms with E-state index >= 15 is 0 Å². The molecule has 1 amide bonds. The molecule has 0 saturated carbocycles. The topological polar surface area (TPSA) is 162 Å². The summed E-state index contributed by atoms with van der Waals surface area (Å²) in [7, 11) is 0. The van der Waals surface area contributed by atoms with Crippen LogP contribution in [-0.2, 0) is 19.2 Å². The zero-order chi connectivity index (χ0) is 17.4. The van der Waals surface area contributed by atoms with E-state index < -0.39 is 55.4 Å². The second-order valence-electron chi connectivity index (χ2n) is 5.14. The summed E-state index contributed by atoms with van der Waals surface area (Å²) in [6.45, 7) is -1.34. The number of carbonyl (C=O) groups excluding carboxylic acids is 4. The molecule has 0 aromatic heterocycles. The van der Waals surface area contributed by atoms with Crippen LogP contribution in [-0.4, -0.2) is 83.4 Å². The van der Waals surface area contributed by atoms with Gasteiger partial charge in [0.05, 0.1) is 25.8 Å². The summed E-state index contributed by atoms with van der Waals surface area (Å²) < 4.78 is 0. The summed E-state index contributed by atoms with van der Waals surface area (Å²) in [5, 5.41) is 22.1. The van der Waals surface area contributed by atoms with Crippen LogP contribution in [0.25, 0.3) is 0 Å². The number of carbonyl (C=O) groups is 4. The van der Waals surface area contributed by atoms with Crippen LogP contribution in [0, 0.1) is 0 Å². The smallest absolute Gasteiger partial charge is 0.234 e. The molecule has 10 heteroatoms. The summed E-state index contributed by atoms with van der Waals surface area (Å²) in [5.74, 6) is -2.75. The zero-order valence-corrected chi connectivity index (χ0v) is 12.6. The number of aliphatic hydroxyl groups excluding tert-OH is 2. The molecule has 1 aliphatic heterocycles. The Bertz CT molecular complexity index is 458. The maximum atomic E-state index is 12.1. The van der Waals surface area contributed by atoms with Crippen molar-refractivity contribution in [3.05, 3.63) is 0 Å². The molecular weight excluding hydrogens is 308 g/mol. The highest BCUT2D eigenvalue weighted by Gasteiger charge is 2.34. The molecule has 0 bridgehead atoms. The first-order valence-electron chi connectivity index (χ1n) is 7.25. The van der Waals surface area contributed by atoms with Gasteiger partial charge in [-0.05, 0) is 12.8 Å². The summed E-state index contributed by atoms with van der Waals surface area (Å²) >= 11 is 0. The average Bonchev–Trinajstić information content (AvgIpc) is 3.03. The van der Waals surface area contributed by atoms with Crippen LogP contribution in [0.5, 0.6) is 0 Å². The summed E-state index contributed by atoms with van der Waals surface area (Å²) in [6.07, 6.45) is 2.07. The van der Waals surface area contributed by atoms with Crippen molar-refractivity contribution in [1.29, 1.82) is 0 Å². The van der Waals surface area contributed by atoms with Crippen LogP contribution in [0.15, 0.2) is 0 Å². The van der Waals surface area contributed by atoms with Crippen LogP contribution in [0.3, 0.4) is 0 Å². The fourth-order valence-electron chi connectivity index (χ4n) is 2.27.